The van der Waals surface area contributed by atoms with Gasteiger partial charge in [0.15, 0.2) is 11.6 Å². The molecule has 1 fully saturated rings. The summed E-state index contributed by atoms with van der Waals surface area (Å²) < 4.78 is 65.7. The number of carboxylic acid groups (broad SMARTS) is 5. The highest BCUT2D eigenvalue weighted by Gasteiger charge is 2.34. The predicted molar refractivity (Wildman–Crippen MR) is 247 cm³/mol. The fourth-order valence-electron chi connectivity index (χ4n) is 8.35. The lowest BCUT2D eigenvalue weighted by molar-refractivity contribution is -0.151. The van der Waals surface area contributed by atoms with Crippen LogP contribution >= 0.6 is 0 Å². The van der Waals surface area contributed by atoms with E-state index in [4.69, 9.17) is 4.74 Å². The largest absolute Gasteiger partial charge is 0.480 e. The fraction of sp³-hybridized carbons (Fsp3) is 0.604. The second-order valence-corrected chi connectivity index (χ2v) is 19.4. The molecule has 23 heteroatoms. The van der Waals surface area contributed by atoms with Crippen molar-refractivity contribution in [2.45, 2.75) is 85.2 Å². The Bertz CT molecular complexity index is 2140. The van der Waals surface area contributed by atoms with Crippen molar-refractivity contribution in [3.8, 4) is 5.75 Å². The molecule has 0 aromatic heterocycles. The van der Waals surface area contributed by atoms with Crippen LogP contribution in [-0.2, 0) is 51.1 Å². The fourth-order valence-corrected chi connectivity index (χ4v) is 8.35. The molecular formula is C48H67F4N5O14. The Balaban J connectivity index is 1.66. The zero-order valence-electron chi connectivity index (χ0n) is 40.8. The summed E-state index contributed by atoms with van der Waals surface area (Å²) in [5.74, 6) is -16.0. The normalized spacial score (nSPS) is 16.6. The number of ether oxygens (including phenoxy) is 2. The lowest BCUT2D eigenvalue weighted by atomic mass is 9.88. The third kappa shape index (κ3) is 20.9. The number of aliphatic carboxylic acids is 5. The molecule has 1 aliphatic rings. The highest BCUT2D eigenvalue weighted by atomic mass is 19.2. The zero-order chi connectivity index (χ0) is 53.2. The highest BCUT2D eigenvalue weighted by Crippen LogP contribution is 2.30. The number of hydrogen-bond donors (Lipinski definition) is 5. The number of hydrogen-bond acceptors (Lipinski definition) is 13. The van der Waals surface area contributed by atoms with Crippen LogP contribution in [0.25, 0.3) is 0 Å². The Morgan fingerprint density at radius 2 is 1.14 bits per heavy atom. The summed E-state index contributed by atoms with van der Waals surface area (Å²) in [6.45, 7) is 7.80. The van der Waals surface area contributed by atoms with Gasteiger partial charge in [0.1, 0.15) is 6.04 Å². The van der Waals surface area contributed by atoms with E-state index in [2.05, 4.69) is 4.74 Å². The first kappa shape index (κ1) is 59.6. The lowest BCUT2D eigenvalue weighted by Gasteiger charge is -2.37. The predicted octanol–water partition coefficient (Wildman–Crippen LogP) is 3.79. The van der Waals surface area contributed by atoms with E-state index >= 15 is 0 Å². The smallest absolute Gasteiger partial charge is 0.326 e. The number of aryl methyl sites for hydroxylation is 1. The number of esters is 1. The van der Waals surface area contributed by atoms with Gasteiger partial charge in [-0.2, -0.15) is 8.78 Å². The number of rotatable bonds is 26. The van der Waals surface area contributed by atoms with Crippen molar-refractivity contribution < 1.29 is 86.1 Å². The van der Waals surface area contributed by atoms with Gasteiger partial charge in [0.2, 0.25) is 23.3 Å². The lowest BCUT2D eigenvalue weighted by Crippen LogP contribution is -2.53. The molecule has 0 aliphatic carbocycles. The first-order chi connectivity index (χ1) is 33.2. The average molecular weight is 1010 g/mol. The number of benzene rings is 2. The molecule has 3 rings (SSSR count). The molecule has 0 unspecified atom stereocenters. The molecule has 1 saturated heterocycles. The van der Waals surface area contributed by atoms with Crippen LogP contribution in [0.1, 0.15) is 71.4 Å². The van der Waals surface area contributed by atoms with E-state index < -0.39 is 113 Å². The minimum atomic E-state index is -1.86. The van der Waals surface area contributed by atoms with Gasteiger partial charge >= 0.3 is 35.8 Å². The van der Waals surface area contributed by atoms with Crippen LogP contribution in [-0.4, -0.2) is 196 Å². The quantitative estimate of drug-likeness (QED) is 0.0389. The van der Waals surface area contributed by atoms with Crippen LogP contribution in [0.15, 0.2) is 30.3 Å². The third-order valence-corrected chi connectivity index (χ3v) is 11.9. The molecule has 19 nitrogen and oxygen atoms in total. The van der Waals surface area contributed by atoms with E-state index in [1.54, 1.807) is 54.2 Å². The maximum absolute atomic E-state index is 14.0. The van der Waals surface area contributed by atoms with E-state index in [-0.39, 0.29) is 104 Å². The van der Waals surface area contributed by atoms with Crippen molar-refractivity contribution in [3.05, 3.63) is 64.7 Å². The Labute approximate surface area is 409 Å². The van der Waals surface area contributed by atoms with Crippen LogP contribution in [0, 0.1) is 34.1 Å². The Kier molecular flexibility index (Phi) is 23.3. The molecule has 0 radical (unpaired) electrons. The molecule has 0 saturated carbocycles. The van der Waals surface area contributed by atoms with Gasteiger partial charge < -0.3 is 39.9 Å². The second kappa shape index (κ2) is 27.7. The summed E-state index contributed by atoms with van der Waals surface area (Å²) in [6.07, 6.45) is 0.632. The highest BCUT2D eigenvalue weighted by molar-refractivity contribution is 5.84. The van der Waals surface area contributed by atoms with Gasteiger partial charge in [0.25, 0.3) is 0 Å². The van der Waals surface area contributed by atoms with E-state index in [1.165, 1.54) is 4.90 Å². The van der Waals surface area contributed by atoms with E-state index in [1.807, 2.05) is 24.3 Å². The standard InChI is InChI=1S/C48H67F4N5O14/c1-6-57(37(58)22-47(2,3)29-70-30-48(4,5)23-42(67)71-45-43(51)34(49)21-35(50)44(45)52)36(46(68)69)9-7-8-31-10-12-32(13-11-31)20-33-24-55(27-40(63)64)17-16-53(25-38(59)60)14-15-54(26-39(61)62)18-19-56(33)28-41(65)66/h10-13,21,33,36H,6-9,14-20,22-30H2,1-5H3,(H,59,60)(H,61,62)(H,63,64)(H,65,66)(H,68,69)/t33-,36-/m0/s1. The minimum Gasteiger partial charge on any atom is -0.480 e. The topological polar surface area (TPSA) is 255 Å². The molecule has 0 bridgehead atoms. The van der Waals surface area contributed by atoms with Gasteiger partial charge in [-0.15, -0.1) is 0 Å². The Morgan fingerprint density at radius 3 is 1.63 bits per heavy atom. The van der Waals surface area contributed by atoms with Gasteiger partial charge in [-0.25, -0.2) is 13.6 Å². The molecule has 2 atom stereocenters. The molecule has 396 valence electrons. The first-order valence-corrected chi connectivity index (χ1v) is 23.2. The molecular weight excluding hydrogens is 947 g/mol. The SMILES string of the molecule is CCN(C(=O)CC(C)(C)COCC(C)(C)CC(=O)Oc1c(F)c(F)cc(F)c1F)[C@@H](CCCc1ccc(C[C@H]2CN(CC(=O)O)CCN(CC(=O)O)CCN(CC(=O)O)CCN2CC(=O)O)cc1)C(=O)O. The molecule has 2 aromatic rings. The minimum absolute atomic E-state index is 0.0132. The van der Waals surface area contributed by atoms with Crippen LogP contribution in [0.5, 0.6) is 5.75 Å². The number of amides is 1. The van der Waals surface area contributed by atoms with E-state index in [0.29, 0.717) is 12.8 Å². The van der Waals surface area contributed by atoms with Crippen LogP contribution in [0.4, 0.5) is 17.6 Å². The average Bonchev–Trinajstić information content (AvgIpc) is 3.24. The number of carboxylic acids is 5. The van der Waals surface area contributed by atoms with Crippen molar-refractivity contribution in [1.82, 2.24) is 24.5 Å². The summed E-state index contributed by atoms with van der Waals surface area (Å²) in [5, 5.41) is 49.0. The molecule has 1 aliphatic heterocycles. The Hall–Kier alpha value is -5.75. The monoisotopic (exact) mass is 1010 g/mol. The summed E-state index contributed by atoms with van der Waals surface area (Å²) in [6, 6.07) is 5.62. The van der Waals surface area contributed by atoms with Crippen molar-refractivity contribution in [2.75, 3.05) is 91.8 Å². The number of nitrogens with zero attached hydrogens (tertiary/aromatic N) is 5. The molecule has 71 heavy (non-hydrogen) atoms. The number of likely N-dealkylation sites (N-methyl/N-ethyl adjacent to an activating group) is 1. The summed E-state index contributed by atoms with van der Waals surface area (Å²) >= 11 is 0. The van der Waals surface area contributed by atoms with Gasteiger partial charge in [-0.1, -0.05) is 52.0 Å². The summed E-state index contributed by atoms with van der Waals surface area (Å²) in [5.41, 5.74) is -0.192. The van der Waals surface area contributed by atoms with Crippen molar-refractivity contribution in [2.24, 2.45) is 10.8 Å². The van der Waals surface area contributed by atoms with Crippen molar-refractivity contribution >= 4 is 41.7 Å². The second-order valence-electron chi connectivity index (χ2n) is 19.4. The third-order valence-electron chi connectivity index (χ3n) is 11.9. The molecule has 2 aromatic carbocycles. The number of carbonyl (C=O) groups is 7. The van der Waals surface area contributed by atoms with E-state index in [0.717, 1.165) is 11.1 Å². The zero-order valence-corrected chi connectivity index (χ0v) is 40.8. The molecule has 1 heterocycles. The molecule has 5 N–H and O–H groups in total. The van der Waals surface area contributed by atoms with Crippen LogP contribution in [0.2, 0.25) is 0 Å². The molecule has 1 amide bonds. The maximum Gasteiger partial charge on any atom is 0.326 e. The number of halogens is 4. The van der Waals surface area contributed by atoms with Crippen LogP contribution < -0.4 is 4.74 Å². The Morgan fingerprint density at radius 1 is 0.676 bits per heavy atom. The summed E-state index contributed by atoms with van der Waals surface area (Å²) in [4.78, 5) is 93.9. The number of carbonyl (C=O) groups excluding carboxylic acids is 2. The van der Waals surface area contributed by atoms with Crippen LogP contribution in [0.3, 0.4) is 0 Å². The van der Waals surface area contributed by atoms with Crippen molar-refractivity contribution in [3.63, 3.8) is 0 Å². The van der Waals surface area contributed by atoms with E-state index in [9.17, 15) is 76.7 Å². The van der Waals surface area contributed by atoms with Gasteiger partial charge in [0.05, 0.1) is 45.8 Å². The molecule has 0 spiro atoms. The van der Waals surface area contributed by atoms with Gasteiger partial charge in [0, 0.05) is 70.9 Å². The maximum atomic E-state index is 14.0. The van der Waals surface area contributed by atoms with Crippen molar-refractivity contribution in [1.29, 1.82) is 0 Å². The first-order valence-electron chi connectivity index (χ1n) is 23.2. The van der Waals surface area contributed by atoms with Gasteiger partial charge in [-0.05, 0) is 54.6 Å². The van der Waals surface area contributed by atoms with Gasteiger partial charge in [-0.3, -0.25) is 48.4 Å². The summed E-state index contributed by atoms with van der Waals surface area (Å²) in [7, 11) is 0.